The third kappa shape index (κ3) is 4.05. The summed E-state index contributed by atoms with van der Waals surface area (Å²) in [5.41, 5.74) is 2.37. The molecular formula is C16H21N3. The fourth-order valence-electron chi connectivity index (χ4n) is 2.07. The predicted octanol–water partition coefficient (Wildman–Crippen LogP) is 3.45. The van der Waals surface area contributed by atoms with Gasteiger partial charge in [0.15, 0.2) is 0 Å². The van der Waals surface area contributed by atoms with Gasteiger partial charge in [-0.05, 0) is 18.9 Å². The van der Waals surface area contributed by atoms with Crippen LogP contribution in [0.5, 0.6) is 0 Å². The summed E-state index contributed by atoms with van der Waals surface area (Å²) in [6.07, 6.45) is 2.90. The zero-order valence-electron chi connectivity index (χ0n) is 11.7. The Balaban J connectivity index is 2.23. The van der Waals surface area contributed by atoms with Crippen LogP contribution in [-0.4, -0.2) is 16.5 Å². The molecule has 0 atom stereocenters. The van der Waals surface area contributed by atoms with Crippen molar-refractivity contribution in [2.75, 3.05) is 11.9 Å². The second kappa shape index (κ2) is 6.88. The average Bonchev–Trinajstić information content (AvgIpc) is 2.40. The fourth-order valence-corrected chi connectivity index (χ4v) is 2.07. The molecule has 1 aromatic carbocycles. The highest BCUT2D eigenvalue weighted by molar-refractivity contribution is 5.36. The van der Waals surface area contributed by atoms with E-state index in [0.29, 0.717) is 0 Å². The normalized spacial score (nSPS) is 10.4. The molecule has 0 radical (unpaired) electrons. The molecule has 2 rings (SSSR count). The molecule has 0 saturated carbocycles. The van der Waals surface area contributed by atoms with Gasteiger partial charge in [-0.25, -0.2) is 9.97 Å². The molecule has 1 heterocycles. The van der Waals surface area contributed by atoms with Crippen molar-refractivity contribution in [2.45, 2.75) is 33.1 Å². The van der Waals surface area contributed by atoms with Crippen LogP contribution in [0.2, 0.25) is 0 Å². The Morgan fingerprint density at radius 1 is 1.05 bits per heavy atom. The molecule has 0 fully saturated rings. The van der Waals surface area contributed by atoms with Crippen LogP contribution in [0.15, 0.2) is 36.4 Å². The van der Waals surface area contributed by atoms with Crippen molar-refractivity contribution in [1.82, 2.24) is 9.97 Å². The number of nitrogens with one attached hydrogen (secondary N) is 1. The fraction of sp³-hybridized carbons (Fsp3) is 0.375. The summed E-state index contributed by atoms with van der Waals surface area (Å²) in [6.45, 7) is 5.14. The molecule has 0 amide bonds. The van der Waals surface area contributed by atoms with Crippen molar-refractivity contribution in [3.63, 3.8) is 0 Å². The molecular weight excluding hydrogens is 234 g/mol. The minimum Gasteiger partial charge on any atom is -0.370 e. The minimum atomic E-state index is 0.788. The van der Waals surface area contributed by atoms with E-state index in [1.807, 2.05) is 6.07 Å². The Bertz CT molecular complexity index is 484. The number of hydrogen-bond acceptors (Lipinski definition) is 3. The van der Waals surface area contributed by atoms with Gasteiger partial charge in [0.2, 0.25) is 0 Å². The van der Waals surface area contributed by atoms with Crippen LogP contribution in [0.25, 0.3) is 0 Å². The summed E-state index contributed by atoms with van der Waals surface area (Å²) in [6, 6.07) is 12.4. The number of aryl methyl sites for hydroxylation is 1. The van der Waals surface area contributed by atoms with Crippen LogP contribution in [0, 0.1) is 0 Å². The Labute approximate surface area is 115 Å². The van der Waals surface area contributed by atoms with E-state index in [9.17, 15) is 0 Å². The summed E-state index contributed by atoms with van der Waals surface area (Å²) >= 11 is 0. The number of aromatic nitrogens is 2. The van der Waals surface area contributed by atoms with E-state index in [0.717, 1.165) is 43.1 Å². The lowest BCUT2D eigenvalue weighted by atomic mass is 10.1. The van der Waals surface area contributed by atoms with E-state index < -0.39 is 0 Å². The molecule has 2 aromatic rings. The Hall–Kier alpha value is -1.90. The van der Waals surface area contributed by atoms with E-state index in [4.69, 9.17) is 0 Å². The SMILES string of the molecule is CCCc1cc(NCC)nc(Cc2ccccc2)n1. The van der Waals surface area contributed by atoms with Gasteiger partial charge in [0.1, 0.15) is 11.6 Å². The van der Waals surface area contributed by atoms with Crippen LogP contribution >= 0.6 is 0 Å². The quantitative estimate of drug-likeness (QED) is 0.859. The summed E-state index contributed by atoms with van der Waals surface area (Å²) in [5, 5.41) is 3.28. The maximum atomic E-state index is 4.65. The molecule has 0 spiro atoms. The van der Waals surface area contributed by atoms with Gasteiger partial charge in [0.05, 0.1) is 0 Å². The van der Waals surface area contributed by atoms with E-state index in [1.165, 1.54) is 5.56 Å². The lowest BCUT2D eigenvalue weighted by molar-refractivity contribution is 0.841. The zero-order chi connectivity index (χ0) is 13.5. The summed E-state index contributed by atoms with van der Waals surface area (Å²) < 4.78 is 0. The largest absolute Gasteiger partial charge is 0.370 e. The van der Waals surface area contributed by atoms with Gasteiger partial charge in [0, 0.05) is 24.7 Å². The number of nitrogens with zero attached hydrogens (tertiary/aromatic N) is 2. The van der Waals surface area contributed by atoms with Crippen LogP contribution in [0.3, 0.4) is 0 Å². The molecule has 0 aliphatic heterocycles. The van der Waals surface area contributed by atoms with E-state index in [2.05, 4.69) is 59.5 Å². The molecule has 0 aliphatic rings. The van der Waals surface area contributed by atoms with Crippen LogP contribution in [0.1, 0.15) is 37.4 Å². The smallest absolute Gasteiger partial charge is 0.135 e. The maximum Gasteiger partial charge on any atom is 0.135 e. The van der Waals surface area contributed by atoms with Crippen LogP contribution in [0.4, 0.5) is 5.82 Å². The van der Waals surface area contributed by atoms with Crippen molar-refractivity contribution >= 4 is 5.82 Å². The van der Waals surface area contributed by atoms with Crippen molar-refractivity contribution in [3.05, 3.63) is 53.5 Å². The first-order valence-electron chi connectivity index (χ1n) is 6.96. The van der Waals surface area contributed by atoms with Gasteiger partial charge in [0.25, 0.3) is 0 Å². The highest BCUT2D eigenvalue weighted by atomic mass is 15.0. The first-order chi connectivity index (χ1) is 9.31. The van der Waals surface area contributed by atoms with Crippen molar-refractivity contribution in [3.8, 4) is 0 Å². The average molecular weight is 255 g/mol. The maximum absolute atomic E-state index is 4.65. The molecule has 0 saturated heterocycles. The number of anilines is 1. The van der Waals surface area contributed by atoms with E-state index >= 15 is 0 Å². The first-order valence-corrected chi connectivity index (χ1v) is 6.96. The minimum absolute atomic E-state index is 0.788. The van der Waals surface area contributed by atoms with Crippen molar-refractivity contribution in [2.24, 2.45) is 0 Å². The Morgan fingerprint density at radius 3 is 2.53 bits per heavy atom. The van der Waals surface area contributed by atoms with E-state index in [-0.39, 0.29) is 0 Å². The van der Waals surface area contributed by atoms with Crippen molar-refractivity contribution in [1.29, 1.82) is 0 Å². The highest BCUT2D eigenvalue weighted by Gasteiger charge is 2.05. The molecule has 3 nitrogen and oxygen atoms in total. The van der Waals surface area contributed by atoms with Gasteiger partial charge in [-0.15, -0.1) is 0 Å². The van der Waals surface area contributed by atoms with Gasteiger partial charge in [-0.1, -0.05) is 43.7 Å². The molecule has 0 aliphatic carbocycles. The highest BCUT2D eigenvalue weighted by Crippen LogP contribution is 2.12. The van der Waals surface area contributed by atoms with Crippen LogP contribution < -0.4 is 5.32 Å². The van der Waals surface area contributed by atoms with E-state index in [1.54, 1.807) is 0 Å². The Kier molecular flexibility index (Phi) is 4.90. The number of hydrogen-bond donors (Lipinski definition) is 1. The molecule has 19 heavy (non-hydrogen) atoms. The molecule has 1 N–H and O–H groups in total. The summed E-state index contributed by atoms with van der Waals surface area (Å²) in [5.74, 6) is 1.83. The number of rotatable bonds is 6. The molecule has 100 valence electrons. The van der Waals surface area contributed by atoms with Gasteiger partial charge < -0.3 is 5.32 Å². The second-order valence-electron chi connectivity index (χ2n) is 4.60. The lowest BCUT2D eigenvalue weighted by Gasteiger charge is -2.08. The zero-order valence-corrected chi connectivity index (χ0v) is 11.7. The summed E-state index contributed by atoms with van der Waals surface area (Å²) in [4.78, 5) is 9.23. The predicted molar refractivity (Wildman–Crippen MR) is 79.4 cm³/mol. The third-order valence-corrected chi connectivity index (χ3v) is 2.89. The van der Waals surface area contributed by atoms with Gasteiger partial charge >= 0.3 is 0 Å². The monoisotopic (exact) mass is 255 g/mol. The van der Waals surface area contributed by atoms with Crippen molar-refractivity contribution < 1.29 is 0 Å². The van der Waals surface area contributed by atoms with Gasteiger partial charge in [-0.3, -0.25) is 0 Å². The topological polar surface area (TPSA) is 37.8 Å². The second-order valence-corrected chi connectivity index (χ2v) is 4.60. The summed E-state index contributed by atoms with van der Waals surface area (Å²) in [7, 11) is 0. The molecule has 1 aromatic heterocycles. The van der Waals surface area contributed by atoms with Crippen LogP contribution in [-0.2, 0) is 12.8 Å². The molecule has 0 unspecified atom stereocenters. The third-order valence-electron chi connectivity index (χ3n) is 2.89. The number of benzene rings is 1. The molecule has 3 heteroatoms. The van der Waals surface area contributed by atoms with Gasteiger partial charge in [-0.2, -0.15) is 0 Å². The standard InChI is InChI=1S/C16H21N3/c1-3-8-14-12-15(17-4-2)19-16(18-14)11-13-9-6-5-7-10-13/h5-7,9-10,12H,3-4,8,11H2,1-2H3,(H,17,18,19). The first kappa shape index (κ1) is 13.5. The molecule has 0 bridgehead atoms. The lowest BCUT2D eigenvalue weighted by Crippen LogP contribution is -2.06. The Morgan fingerprint density at radius 2 is 1.84 bits per heavy atom.